The second-order valence-electron chi connectivity index (χ2n) is 4.08. The van der Waals surface area contributed by atoms with Crippen LogP contribution in [0.3, 0.4) is 0 Å². The second kappa shape index (κ2) is 5.83. The maximum Gasteiger partial charge on any atom is 0.132 e. The molecule has 2 N–H and O–H groups in total. The van der Waals surface area contributed by atoms with Crippen molar-refractivity contribution in [2.75, 3.05) is 12.8 Å². The highest BCUT2D eigenvalue weighted by atomic mass is 32.2. The maximum atomic E-state index is 5.81. The van der Waals surface area contributed by atoms with Crippen molar-refractivity contribution in [2.45, 2.75) is 17.1 Å². The highest BCUT2D eigenvalue weighted by molar-refractivity contribution is 7.99. The summed E-state index contributed by atoms with van der Waals surface area (Å²) < 4.78 is 5.36. The highest BCUT2D eigenvalue weighted by Gasteiger charge is 2.10. The second-order valence-corrected chi connectivity index (χ2v) is 5.46. The lowest BCUT2D eigenvalue weighted by molar-refractivity contribution is 0.405. The van der Waals surface area contributed by atoms with Gasteiger partial charge in [0.2, 0.25) is 0 Å². The molecule has 2 nitrogen and oxygen atoms in total. The Balaban J connectivity index is 2.18. The average Bonchev–Trinajstić information content (AvgIpc) is 2.39. The fraction of sp³-hybridized carbons (Fsp3) is 0.200. The zero-order valence-corrected chi connectivity index (χ0v) is 11.4. The van der Waals surface area contributed by atoms with Gasteiger partial charge in [-0.25, -0.2) is 0 Å². The lowest BCUT2D eigenvalue weighted by Gasteiger charge is -2.14. The number of ether oxygens (including phenoxy) is 1. The van der Waals surface area contributed by atoms with Crippen molar-refractivity contribution in [3.8, 4) is 5.75 Å². The van der Waals surface area contributed by atoms with E-state index in [1.807, 2.05) is 36.4 Å². The van der Waals surface area contributed by atoms with Crippen molar-refractivity contribution in [1.29, 1.82) is 0 Å². The summed E-state index contributed by atoms with van der Waals surface area (Å²) in [5.41, 5.74) is 7.85. The van der Waals surface area contributed by atoms with Gasteiger partial charge in [0.05, 0.1) is 7.11 Å². The van der Waals surface area contributed by atoms with Gasteiger partial charge in [0.15, 0.2) is 0 Å². The number of anilines is 1. The van der Waals surface area contributed by atoms with E-state index in [-0.39, 0.29) is 0 Å². The Kier molecular flexibility index (Phi) is 4.15. The van der Waals surface area contributed by atoms with E-state index >= 15 is 0 Å². The van der Waals surface area contributed by atoms with Gasteiger partial charge >= 0.3 is 0 Å². The molecule has 2 rings (SSSR count). The summed E-state index contributed by atoms with van der Waals surface area (Å²) >= 11 is 1.78. The van der Waals surface area contributed by atoms with Gasteiger partial charge in [0.25, 0.3) is 0 Å². The summed E-state index contributed by atoms with van der Waals surface area (Å²) in [6, 6.07) is 16.1. The van der Waals surface area contributed by atoms with Crippen LogP contribution in [-0.4, -0.2) is 7.11 Å². The lowest BCUT2D eigenvalue weighted by Crippen LogP contribution is -1.92. The minimum atomic E-state index is 0.338. The van der Waals surface area contributed by atoms with Crippen LogP contribution in [0.15, 0.2) is 53.4 Å². The third kappa shape index (κ3) is 2.99. The van der Waals surface area contributed by atoms with Gasteiger partial charge in [0.1, 0.15) is 5.75 Å². The fourth-order valence-corrected chi connectivity index (χ4v) is 2.87. The summed E-state index contributed by atoms with van der Waals surface area (Å²) in [5.74, 6) is 0.915. The summed E-state index contributed by atoms with van der Waals surface area (Å²) in [6.45, 7) is 2.17. The third-order valence-corrected chi connectivity index (χ3v) is 3.97. The molecule has 0 aromatic heterocycles. The zero-order valence-electron chi connectivity index (χ0n) is 10.6. The molecule has 0 aliphatic heterocycles. The van der Waals surface area contributed by atoms with E-state index in [4.69, 9.17) is 10.5 Å². The molecule has 2 aromatic carbocycles. The molecule has 1 atom stereocenters. The van der Waals surface area contributed by atoms with Crippen LogP contribution >= 0.6 is 11.8 Å². The molecule has 0 aliphatic rings. The van der Waals surface area contributed by atoms with E-state index in [1.165, 1.54) is 5.56 Å². The largest absolute Gasteiger partial charge is 0.496 e. The smallest absolute Gasteiger partial charge is 0.132 e. The molecule has 0 spiro atoms. The van der Waals surface area contributed by atoms with E-state index in [0.717, 1.165) is 16.3 Å². The van der Waals surface area contributed by atoms with Gasteiger partial charge in [-0.1, -0.05) is 24.3 Å². The molecule has 0 bridgehead atoms. The quantitative estimate of drug-likeness (QED) is 0.662. The normalized spacial score (nSPS) is 12.1. The first-order chi connectivity index (χ1) is 8.70. The minimum absolute atomic E-state index is 0.338. The van der Waals surface area contributed by atoms with E-state index in [9.17, 15) is 0 Å². The summed E-state index contributed by atoms with van der Waals surface area (Å²) in [6.07, 6.45) is 0. The van der Waals surface area contributed by atoms with Crippen LogP contribution in [0.1, 0.15) is 17.7 Å². The van der Waals surface area contributed by atoms with E-state index in [1.54, 1.807) is 18.9 Å². The fourth-order valence-electron chi connectivity index (χ4n) is 1.79. The SMILES string of the molecule is COc1ccccc1SC(C)c1cccc(N)c1. The van der Waals surface area contributed by atoms with Gasteiger partial charge in [-0.2, -0.15) is 0 Å². The molecular weight excluding hydrogens is 242 g/mol. The van der Waals surface area contributed by atoms with Crippen molar-refractivity contribution in [2.24, 2.45) is 0 Å². The number of thioether (sulfide) groups is 1. The average molecular weight is 259 g/mol. The van der Waals surface area contributed by atoms with Gasteiger partial charge in [-0.3, -0.25) is 0 Å². The number of hydrogen-bond acceptors (Lipinski definition) is 3. The molecule has 0 amide bonds. The van der Waals surface area contributed by atoms with E-state index in [2.05, 4.69) is 19.1 Å². The molecule has 0 saturated heterocycles. The van der Waals surface area contributed by atoms with Crippen LogP contribution in [0.2, 0.25) is 0 Å². The minimum Gasteiger partial charge on any atom is -0.496 e. The highest BCUT2D eigenvalue weighted by Crippen LogP contribution is 2.39. The molecule has 0 aliphatic carbocycles. The first kappa shape index (κ1) is 12.8. The Labute approximate surface area is 112 Å². The molecule has 1 unspecified atom stereocenters. The number of methoxy groups -OCH3 is 1. The molecule has 3 heteroatoms. The van der Waals surface area contributed by atoms with Gasteiger partial charge in [-0.05, 0) is 36.8 Å². The molecule has 0 saturated carbocycles. The van der Waals surface area contributed by atoms with Crippen molar-refractivity contribution >= 4 is 17.4 Å². The Morgan fingerprint density at radius 3 is 2.61 bits per heavy atom. The predicted octanol–water partition coefficient (Wildman–Crippen LogP) is 4.13. The monoisotopic (exact) mass is 259 g/mol. The number of nitrogen functional groups attached to an aromatic ring is 1. The van der Waals surface area contributed by atoms with Crippen molar-refractivity contribution in [3.63, 3.8) is 0 Å². The van der Waals surface area contributed by atoms with Crippen molar-refractivity contribution < 1.29 is 4.74 Å². The lowest BCUT2D eigenvalue weighted by atomic mass is 10.1. The van der Waals surface area contributed by atoms with E-state index < -0.39 is 0 Å². The zero-order chi connectivity index (χ0) is 13.0. The van der Waals surface area contributed by atoms with Crippen LogP contribution in [0.25, 0.3) is 0 Å². The third-order valence-electron chi connectivity index (χ3n) is 2.75. The van der Waals surface area contributed by atoms with Crippen LogP contribution in [0.4, 0.5) is 5.69 Å². The topological polar surface area (TPSA) is 35.2 Å². The van der Waals surface area contributed by atoms with Crippen molar-refractivity contribution in [3.05, 3.63) is 54.1 Å². The molecule has 0 radical (unpaired) electrons. The number of para-hydroxylation sites is 1. The predicted molar refractivity (Wildman–Crippen MR) is 78.1 cm³/mol. The Bertz CT molecular complexity index is 527. The maximum absolute atomic E-state index is 5.81. The number of hydrogen-bond donors (Lipinski definition) is 1. The van der Waals surface area contributed by atoms with Crippen LogP contribution in [-0.2, 0) is 0 Å². The van der Waals surface area contributed by atoms with Gasteiger partial charge in [0, 0.05) is 15.8 Å². The van der Waals surface area contributed by atoms with Gasteiger partial charge in [-0.15, -0.1) is 11.8 Å². The van der Waals surface area contributed by atoms with Gasteiger partial charge < -0.3 is 10.5 Å². The molecule has 2 aromatic rings. The molecule has 0 heterocycles. The molecule has 94 valence electrons. The van der Waals surface area contributed by atoms with Crippen LogP contribution in [0.5, 0.6) is 5.75 Å². The van der Waals surface area contributed by atoms with Crippen LogP contribution < -0.4 is 10.5 Å². The first-order valence-corrected chi connectivity index (χ1v) is 6.74. The van der Waals surface area contributed by atoms with Crippen LogP contribution in [0, 0.1) is 0 Å². The molecular formula is C15H17NOS. The summed E-state index contributed by atoms with van der Waals surface area (Å²) in [7, 11) is 1.70. The Morgan fingerprint density at radius 1 is 1.11 bits per heavy atom. The number of benzene rings is 2. The number of nitrogens with two attached hydrogens (primary N) is 1. The summed E-state index contributed by atoms with van der Waals surface area (Å²) in [4.78, 5) is 1.15. The first-order valence-electron chi connectivity index (χ1n) is 5.86. The molecule has 18 heavy (non-hydrogen) atoms. The van der Waals surface area contributed by atoms with Crippen molar-refractivity contribution in [1.82, 2.24) is 0 Å². The molecule has 0 fully saturated rings. The Hall–Kier alpha value is -1.61. The summed E-state index contributed by atoms with van der Waals surface area (Å²) in [5, 5.41) is 0.338. The standard InChI is InChI=1S/C15H17NOS/c1-11(12-6-5-7-13(16)10-12)18-15-9-4-3-8-14(15)17-2/h3-11H,16H2,1-2H3. The number of rotatable bonds is 4. The Morgan fingerprint density at radius 2 is 1.89 bits per heavy atom. The van der Waals surface area contributed by atoms with E-state index in [0.29, 0.717) is 5.25 Å².